The van der Waals surface area contributed by atoms with Crippen molar-refractivity contribution in [2.75, 3.05) is 13.2 Å². The second-order valence-corrected chi connectivity index (χ2v) is 6.21. The Morgan fingerprint density at radius 1 is 0.818 bits per heavy atom. The van der Waals surface area contributed by atoms with Crippen LogP contribution in [0.3, 0.4) is 0 Å². The number of ether oxygens (including phenoxy) is 2. The minimum absolute atomic E-state index is 0.0189. The Morgan fingerprint density at radius 3 is 1.95 bits per heavy atom. The number of hydrogen-bond donors (Lipinski definition) is 0. The van der Waals surface area contributed by atoms with E-state index in [0.717, 1.165) is 51.7 Å². The second-order valence-electron chi connectivity index (χ2n) is 6.21. The zero-order chi connectivity index (χ0) is 16.1. The minimum atomic E-state index is -3.98. The lowest BCUT2D eigenvalue weighted by Crippen LogP contribution is -2.22. The highest BCUT2D eigenvalue weighted by molar-refractivity contribution is 4.55. The summed E-state index contributed by atoms with van der Waals surface area (Å²) in [6.45, 7) is 1.61. The normalized spacial score (nSPS) is 19.5. The number of hydrogen-bond acceptors (Lipinski definition) is 2. The van der Waals surface area contributed by atoms with E-state index in [1.165, 1.54) is 25.7 Å². The van der Waals surface area contributed by atoms with Crippen LogP contribution in [0.25, 0.3) is 0 Å². The Kier molecular flexibility index (Phi) is 10.9. The molecule has 1 heterocycles. The van der Waals surface area contributed by atoms with Gasteiger partial charge in [0.05, 0.1) is 0 Å². The van der Waals surface area contributed by atoms with Gasteiger partial charge < -0.3 is 9.47 Å². The van der Waals surface area contributed by atoms with Crippen molar-refractivity contribution in [1.82, 2.24) is 0 Å². The SMILES string of the molecule is FC(F)(F)CCCCCCCCCCCOC1CCCCO1. The van der Waals surface area contributed by atoms with E-state index in [9.17, 15) is 13.2 Å². The Balaban J connectivity index is 1.73. The van der Waals surface area contributed by atoms with E-state index in [2.05, 4.69) is 0 Å². The van der Waals surface area contributed by atoms with Gasteiger partial charge in [0.25, 0.3) is 0 Å². The quantitative estimate of drug-likeness (QED) is 0.410. The van der Waals surface area contributed by atoms with E-state index in [4.69, 9.17) is 9.47 Å². The van der Waals surface area contributed by atoms with Gasteiger partial charge in [0.2, 0.25) is 0 Å². The van der Waals surface area contributed by atoms with Crippen molar-refractivity contribution in [2.45, 2.75) is 95.9 Å². The molecule has 1 fully saturated rings. The maximum absolute atomic E-state index is 11.9. The summed E-state index contributed by atoms with van der Waals surface area (Å²) >= 11 is 0. The maximum atomic E-state index is 11.9. The molecule has 5 heteroatoms. The molecule has 0 N–H and O–H groups in total. The van der Waals surface area contributed by atoms with E-state index in [-0.39, 0.29) is 12.7 Å². The molecular formula is C17H31F3O2. The summed E-state index contributed by atoms with van der Waals surface area (Å²) in [5.41, 5.74) is 0. The van der Waals surface area contributed by atoms with Gasteiger partial charge in [-0.3, -0.25) is 0 Å². The Hall–Kier alpha value is -0.290. The first-order valence-electron chi connectivity index (χ1n) is 8.88. The van der Waals surface area contributed by atoms with Crippen molar-refractivity contribution < 1.29 is 22.6 Å². The molecule has 1 unspecified atom stereocenters. The maximum Gasteiger partial charge on any atom is 0.389 e. The largest absolute Gasteiger partial charge is 0.389 e. The smallest absolute Gasteiger partial charge is 0.353 e. The summed E-state index contributed by atoms with van der Waals surface area (Å²) in [5.74, 6) is 0. The molecular weight excluding hydrogens is 293 g/mol. The molecule has 0 aliphatic carbocycles. The van der Waals surface area contributed by atoms with Crippen molar-refractivity contribution in [3.05, 3.63) is 0 Å². The molecule has 0 amide bonds. The average molecular weight is 324 g/mol. The van der Waals surface area contributed by atoms with E-state index in [1.807, 2.05) is 0 Å². The molecule has 1 aliphatic heterocycles. The number of halogens is 3. The lowest BCUT2D eigenvalue weighted by Gasteiger charge is -2.22. The standard InChI is InChI=1S/C17H31F3O2/c18-17(19,20)13-9-6-4-2-1-3-5-7-10-14-21-16-12-8-11-15-22-16/h16H,1-15H2. The summed E-state index contributed by atoms with van der Waals surface area (Å²) in [6.07, 6.45) is 7.51. The molecule has 22 heavy (non-hydrogen) atoms. The van der Waals surface area contributed by atoms with Crippen LogP contribution in [-0.2, 0) is 9.47 Å². The van der Waals surface area contributed by atoms with Gasteiger partial charge in [-0.05, 0) is 32.1 Å². The molecule has 132 valence electrons. The van der Waals surface area contributed by atoms with Crippen LogP contribution in [0, 0.1) is 0 Å². The van der Waals surface area contributed by atoms with E-state index < -0.39 is 12.6 Å². The average Bonchev–Trinajstić information content (AvgIpc) is 2.48. The summed E-state index contributed by atoms with van der Waals surface area (Å²) in [6, 6.07) is 0. The van der Waals surface area contributed by atoms with Gasteiger partial charge in [-0.2, -0.15) is 13.2 Å². The number of alkyl halides is 3. The van der Waals surface area contributed by atoms with Crippen LogP contribution >= 0.6 is 0 Å². The molecule has 0 bridgehead atoms. The number of unbranched alkanes of at least 4 members (excludes halogenated alkanes) is 8. The first-order valence-corrected chi connectivity index (χ1v) is 8.88. The molecule has 1 rings (SSSR count). The third kappa shape index (κ3) is 12.3. The molecule has 0 spiro atoms. The second kappa shape index (κ2) is 12.2. The van der Waals surface area contributed by atoms with Crippen molar-refractivity contribution in [3.63, 3.8) is 0 Å². The van der Waals surface area contributed by atoms with Gasteiger partial charge in [0.15, 0.2) is 6.29 Å². The van der Waals surface area contributed by atoms with Crippen LogP contribution < -0.4 is 0 Å². The molecule has 1 atom stereocenters. The summed E-state index contributed by atoms with van der Waals surface area (Å²) < 4.78 is 47.0. The predicted molar refractivity (Wildman–Crippen MR) is 81.8 cm³/mol. The van der Waals surface area contributed by atoms with Crippen LogP contribution in [-0.4, -0.2) is 25.7 Å². The first-order chi connectivity index (χ1) is 10.6. The third-order valence-electron chi connectivity index (χ3n) is 4.05. The Morgan fingerprint density at radius 2 is 1.41 bits per heavy atom. The minimum Gasteiger partial charge on any atom is -0.353 e. The molecule has 1 saturated heterocycles. The van der Waals surface area contributed by atoms with Crippen LogP contribution in [0.5, 0.6) is 0 Å². The van der Waals surface area contributed by atoms with Crippen LogP contribution in [0.4, 0.5) is 13.2 Å². The molecule has 0 aromatic rings. The molecule has 0 aromatic heterocycles. The number of rotatable bonds is 12. The predicted octanol–water partition coefficient (Wildman–Crippen LogP) is 5.99. The third-order valence-corrected chi connectivity index (χ3v) is 4.05. The van der Waals surface area contributed by atoms with E-state index in [1.54, 1.807) is 0 Å². The van der Waals surface area contributed by atoms with Gasteiger partial charge in [-0.25, -0.2) is 0 Å². The Bertz CT molecular complexity index is 251. The molecule has 1 aliphatic rings. The van der Waals surface area contributed by atoms with Crippen molar-refractivity contribution in [1.29, 1.82) is 0 Å². The monoisotopic (exact) mass is 324 g/mol. The molecule has 0 saturated carbocycles. The summed E-state index contributed by atoms with van der Waals surface area (Å²) in [4.78, 5) is 0. The lowest BCUT2D eigenvalue weighted by atomic mass is 10.1. The first kappa shape index (κ1) is 19.8. The van der Waals surface area contributed by atoms with Crippen LogP contribution in [0.15, 0.2) is 0 Å². The van der Waals surface area contributed by atoms with Crippen LogP contribution in [0.2, 0.25) is 0 Å². The molecule has 2 nitrogen and oxygen atoms in total. The fourth-order valence-electron chi connectivity index (χ4n) is 2.72. The van der Waals surface area contributed by atoms with Crippen molar-refractivity contribution in [3.8, 4) is 0 Å². The fourth-order valence-corrected chi connectivity index (χ4v) is 2.72. The van der Waals surface area contributed by atoms with Crippen molar-refractivity contribution in [2.24, 2.45) is 0 Å². The van der Waals surface area contributed by atoms with E-state index in [0.29, 0.717) is 6.42 Å². The molecule has 0 aromatic carbocycles. The van der Waals surface area contributed by atoms with Gasteiger partial charge in [0, 0.05) is 19.6 Å². The van der Waals surface area contributed by atoms with Gasteiger partial charge in [-0.1, -0.05) is 44.9 Å². The topological polar surface area (TPSA) is 18.5 Å². The van der Waals surface area contributed by atoms with Gasteiger partial charge in [-0.15, -0.1) is 0 Å². The fraction of sp³-hybridized carbons (Fsp3) is 1.00. The highest BCUT2D eigenvalue weighted by Crippen LogP contribution is 2.23. The summed E-state index contributed by atoms with van der Waals surface area (Å²) in [7, 11) is 0. The Labute approximate surface area is 132 Å². The highest BCUT2D eigenvalue weighted by Gasteiger charge is 2.25. The van der Waals surface area contributed by atoms with E-state index >= 15 is 0 Å². The van der Waals surface area contributed by atoms with Crippen molar-refractivity contribution >= 4 is 0 Å². The van der Waals surface area contributed by atoms with Crippen LogP contribution in [0.1, 0.15) is 83.5 Å². The summed E-state index contributed by atoms with van der Waals surface area (Å²) in [5, 5.41) is 0. The zero-order valence-corrected chi connectivity index (χ0v) is 13.6. The lowest BCUT2D eigenvalue weighted by molar-refractivity contribution is -0.162. The van der Waals surface area contributed by atoms with Gasteiger partial charge >= 0.3 is 6.18 Å². The molecule has 0 radical (unpaired) electrons. The zero-order valence-electron chi connectivity index (χ0n) is 13.6. The highest BCUT2D eigenvalue weighted by atomic mass is 19.4. The van der Waals surface area contributed by atoms with Gasteiger partial charge in [0.1, 0.15) is 0 Å².